The molecule has 2 amide bonds. The van der Waals surface area contributed by atoms with E-state index in [2.05, 4.69) is 10.3 Å². The number of hydrogen-bond donors (Lipinski definition) is 1. The summed E-state index contributed by atoms with van der Waals surface area (Å²) in [7, 11) is 0. The number of amides is 2. The standard InChI is InChI=1S/C21H19F3N4O4S/c1-12-16-19(25-11-28(20(16)31)10-15(29)27-6-8-32-9-7-27)33-17(12)18(30)26-14-5-3-2-4-13(14)21(22,23)24/h2-5,11H,6-10H2,1H3,(H,26,30). The number of rotatable bonds is 4. The number of aryl methyl sites for hydroxylation is 1. The van der Waals surface area contributed by atoms with Crippen LogP contribution < -0.4 is 10.9 Å². The van der Waals surface area contributed by atoms with E-state index in [1.165, 1.54) is 30.0 Å². The van der Waals surface area contributed by atoms with Gasteiger partial charge in [0.1, 0.15) is 11.4 Å². The maximum absolute atomic E-state index is 13.2. The molecule has 0 radical (unpaired) electrons. The SMILES string of the molecule is Cc1c(C(=O)Nc2ccccc2C(F)(F)F)sc2ncn(CC(=O)N3CCOCC3)c(=O)c12. The van der Waals surface area contributed by atoms with Crippen molar-refractivity contribution in [2.45, 2.75) is 19.6 Å². The van der Waals surface area contributed by atoms with E-state index in [9.17, 15) is 27.6 Å². The molecule has 0 atom stereocenters. The smallest absolute Gasteiger partial charge is 0.378 e. The summed E-state index contributed by atoms with van der Waals surface area (Å²) in [5.74, 6) is -1.03. The Morgan fingerprint density at radius 1 is 1.21 bits per heavy atom. The Labute approximate surface area is 189 Å². The average molecular weight is 480 g/mol. The maximum atomic E-state index is 13.2. The third-order valence-electron chi connectivity index (χ3n) is 5.27. The molecule has 1 N–H and O–H groups in total. The van der Waals surface area contributed by atoms with Gasteiger partial charge >= 0.3 is 6.18 Å². The Morgan fingerprint density at radius 2 is 1.91 bits per heavy atom. The summed E-state index contributed by atoms with van der Waals surface area (Å²) < 4.78 is 46.1. The number of carbonyl (C=O) groups is 2. The van der Waals surface area contributed by atoms with Gasteiger partial charge in [0.05, 0.1) is 41.1 Å². The van der Waals surface area contributed by atoms with E-state index in [4.69, 9.17) is 4.74 Å². The van der Waals surface area contributed by atoms with Crippen molar-refractivity contribution >= 4 is 39.1 Å². The minimum absolute atomic E-state index is 0.0730. The van der Waals surface area contributed by atoms with E-state index in [0.717, 1.165) is 23.5 Å². The summed E-state index contributed by atoms with van der Waals surface area (Å²) in [6.45, 7) is 3.04. The summed E-state index contributed by atoms with van der Waals surface area (Å²) in [6, 6.07) is 4.65. The quantitative estimate of drug-likeness (QED) is 0.620. The third kappa shape index (κ3) is 4.62. The second-order valence-electron chi connectivity index (χ2n) is 7.40. The van der Waals surface area contributed by atoms with Crippen LogP contribution in [0.2, 0.25) is 0 Å². The number of anilines is 1. The number of thiophene rings is 1. The van der Waals surface area contributed by atoms with Gasteiger partial charge in [-0.25, -0.2) is 4.98 Å². The fourth-order valence-electron chi connectivity index (χ4n) is 3.57. The molecule has 8 nitrogen and oxygen atoms in total. The van der Waals surface area contributed by atoms with Crippen LogP contribution in [0.25, 0.3) is 10.2 Å². The van der Waals surface area contributed by atoms with Gasteiger partial charge in [-0.3, -0.25) is 19.0 Å². The van der Waals surface area contributed by atoms with Crippen molar-refractivity contribution in [1.82, 2.24) is 14.5 Å². The number of nitrogens with zero attached hydrogens (tertiary/aromatic N) is 3. The van der Waals surface area contributed by atoms with Crippen LogP contribution in [-0.2, 0) is 22.3 Å². The first-order valence-electron chi connectivity index (χ1n) is 9.98. The van der Waals surface area contributed by atoms with Crippen LogP contribution >= 0.6 is 11.3 Å². The molecule has 0 bridgehead atoms. The van der Waals surface area contributed by atoms with Gasteiger partial charge in [-0.05, 0) is 24.6 Å². The van der Waals surface area contributed by atoms with Crippen molar-refractivity contribution in [3.05, 3.63) is 57.0 Å². The average Bonchev–Trinajstić information content (AvgIpc) is 3.13. The van der Waals surface area contributed by atoms with Crippen molar-refractivity contribution in [3.63, 3.8) is 0 Å². The van der Waals surface area contributed by atoms with Crippen LogP contribution in [0.1, 0.15) is 20.8 Å². The van der Waals surface area contributed by atoms with Crippen molar-refractivity contribution in [2.24, 2.45) is 0 Å². The normalized spacial score (nSPS) is 14.5. The Hall–Kier alpha value is -3.25. The number of halogens is 3. The molecule has 0 spiro atoms. The number of para-hydroxylation sites is 1. The molecule has 1 aromatic carbocycles. The Morgan fingerprint density at radius 3 is 2.61 bits per heavy atom. The molecule has 12 heteroatoms. The van der Waals surface area contributed by atoms with Gasteiger partial charge in [-0.2, -0.15) is 13.2 Å². The number of aromatic nitrogens is 2. The molecule has 1 fully saturated rings. The molecule has 3 heterocycles. The molecule has 33 heavy (non-hydrogen) atoms. The van der Waals surface area contributed by atoms with Crippen molar-refractivity contribution in [3.8, 4) is 0 Å². The zero-order valence-electron chi connectivity index (χ0n) is 17.4. The lowest BCUT2D eigenvalue weighted by Crippen LogP contribution is -2.43. The van der Waals surface area contributed by atoms with Crippen LogP contribution in [0.5, 0.6) is 0 Å². The van der Waals surface area contributed by atoms with Gasteiger partial charge in [0.15, 0.2) is 0 Å². The second-order valence-corrected chi connectivity index (χ2v) is 8.40. The van der Waals surface area contributed by atoms with Gasteiger partial charge < -0.3 is 15.0 Å². The fraction of sp³-hybridized carbons (Fsp3) is 0.333. The van der Waals surface area contributed by atoms with E-state index < -0.39 is 23.2 Å². The van der Waals surface area contributed by atoms with Crippen LogP contribution in [0, 0.1) is 6.92 Å². The molecule has 174 valence electrons. The van der Waals surface area contributed by atoms with Crippen molar-refractivity contribution in [1.29, 1.82) is 0 Å². The first-order chi connectivity index (χ1) is 15.7. The molecule has 2 aromatic heterocycles. The summed E-state index contributed by atoms with van der Waals surface area (Å²) >= 11 is 0.905. The topological polar surface area (TPSA) is 93.5 Å². The van der Waals surface area contributed by atoms with Crippen LogP contribution in [0.4, 0.5) is 18.9 Å². The number of benzene rings is 1. The van der Waals surface area contributed by atoms with Gasteiger partial charge in [-0.15, -0.1) is 11.3 Å². The fourth-order valence-corrected chi connectivity index (χ4v) is 4.60. The number of fused-ring (bicyclic) bond motifs is 1. The van der Waals surface area contributed by atoms with Crippen LogP contribution in [-0.4, -0.2) is 52.6 Å². The highest BCUT2D eigenvalue weighted by Gasteiger charge is 2.34. The Kier molecular flexibility index (Phi) is 6.21. The molecule has 4 rings (SSSR count). The first-order valence-corrected chi connectivity index (χ1v) is 10.8. The van der Waals surface area contributed by atoms with Crippen molar-refractivity contribution in [2.75, 3.05) is 31.6 Å². The highest BCUT2D eigenvalue weighted by molar-refractivity contribution is 7.20. The lowest BCUT2D eigenvalue weighted by Gasteiger charge is -2.26. The summed E-state index contributed by atoms with van der Waals surface area (Å²) in [6.07, 6.45) is -3.40. The predicted octanol–water partition coefficient (Wildman–Crippen LogP) is 2.90. The zero-order chi connectivity index (χ0) is 23.8. The third-order valence-corrected chi connectivity index (χ3v) is 6.47. The molecule has 0 aliphatic carbocycles. The predicted molar refractivity (Wildman–Crippen MR) is 115 cm³/mol. The van der Waals surface area contributed by atoms with E-state index in [1.54, 1.807) is 4.90 Å². The first kappa shape index (κ1) is 22.9. The van der Waals surface area contributed by atoms with Crippen molar-refractivity contribution < 1.29 is 27.5 Å². The number of morpholine rings is 1. The summed E-state index contributed by atoms with van der Waals surface area (Å²) in [5, 5.41) is 2.45. The van der Waals surface area contributed by atoms with E-state index >= 15 is 0 Å². The van der Waals surface area contributed by atoms with Gasteiger partial charge in [-0.1, -0.05) is 12.1 Å². The number of ether oxygens (including phenoxy) is 1. The largest absolute Gasteiger partial charge is 0.418 e. The molecule has 1 aliphatic heterocycles. The van der Waals surface area contributed by atoms with E-state index in [1.807, 2.05) is 0 Å². The monoisotopic (exact) mass is 480 g/mol. The minimum atomic E-state index is -4.64. The lowest BCUT2D eigenvalue weighted by atomic mass is 10.1. The number of alkyl halides is 3. The summed E-state index contributed by atoms with van der Waals surface area (Å²) in [4.78, 5) is 44.4. The highest BCUT2D eigenvalue weighted by atomic mass is 32.1. The number of nitrogens with one attached hydrogen (secondary N) is 1. The number of carbonyl (C=O) groups excluding carboxylic acids is 2. The minimum Gasteiger partial charge on any atom is -0.378 e. The van der Waals surface area contributed by atoms with Crippen LogP contribution in [0.3, 0.4) is 0 Å². The van der Waals surface area contributed by atoms with Gasteiger partial charge in [0, 0.05) is 13.1 Å². The van der Waals surface area contributed by atoms with E-state index in [0.29, 0.717) is 31.9 Å². The molecular weight excluding hydrogens is 461 g/mol. The Balaban J connectivity index is 1.62. The summed E-state index contributed by atoms with van der Waals surface area (Å²) in [5.41, 5.74) is -1.56. The van der Waals surface area contributed by atoms with Crippen LogP contribution in [0.15, 0.2) is 35.4 Å². The molecule has 0 saturated carbocycles. The molecule has 0 unspecified atom stereocenters. The molecular formula is C21H19F3N4O4S. The maximum Gasteiger partial charge on any atom is 0.418 e. The molecule has 1 saturated heterocycles. The van der Waals surface area contributed by atoms with Gasteiger partial charge in [0.25, 0.3) is 11.5 Å². The number of hydrogen-bond acceptors (Lipinski definition) is 6. The second kappa shape index (κ2) is 8.94. The molecule has 3 aromatic rings. The Bertz CT molecular complexity index is 1280. The van der Waals surface area contributed by atoms with Gasteiger partial charge in [0.2, 0.25) is 5.91 Å². The zero-order valence-corrected chi connectivity index (χ0v) is 18.3. The lowest BCUT2D eigenvalue weighted by molar-refractivity contribution is -0.137. The van der Waals surface area contributed by atoms with E-state index in [-0.39, 0.29) is 33.2 Å². The highest BCUT2D eigenvalue weighted by Crippen LogP contribution is 2.35. The molecule has 1 aliphatic rings.